The zero-order valence-corrected chi connectivity index (χ0v) is 12.7. The lowest BCUT2D eigenvalue weighted by molar-refractivity contribution is -0.327. The number of hydrogen-bond acceptors (Lipinski definition) is 4. The van der Waals surface area contributed by atoms with Crippen LogP contribution >= 0.6 is 0 Å². The summed E-state index contributed by atoms with van der Waals surface area (Å²) < 4.78 is 5.19. The van der Waals surface area contributed by atoms with Crippen LogP contribution in [0.25, 0.3) is 10.9 Å². The molecule has 1 aromatic carbocycles. The van der Waals surface area contributed by atoms with Crippen LogP contribution in [0.3, 0.4) is 0 Å². The van der Waals surface area contributed by atoms with Gasteiger partial charge in [-0.25, -0.2) is 4.98 Å². The summed E-state index contributed by atoms with van der Waals surface area (Å²) in [5, 5.41) is 16.1. The van der Waals surface area contributed by atoms with Crippen molar-refractivity contribution in [1.82, 2.24) is 5.32 Å². The number of nitrogens with zero attached hydrogens (tertiary/aromatic N) is 1. The van der Waals surface area contributed by atoms with E-state index in [1.807, 2.05) is 24.3 Å². The molecule has 6 nitrogen and oxygen atoms in total. The van der Waals surface area contributed by atoms with Gasteiger partial charge in [0.15, 0.2) is 0 Å². The smallest absolute Gasteiger partial charge is 0.290 e. The first-order chi connectivity index (χ1) is 10.6. The van der Waals surface area contributed by atoms with Crippen LogP contribution in [0.1, 0.15) is 18.9 Å². The van der Waals surface area contributed by atoms with Crippen molar-refractivity contribution in [3.05, 3.63) is 29.8 Å². The largest absolute Gasteiger partial charge is 0.497 e. The minimum Gasteiger partial charge on any atom is -0.497 e. The maximum absolute atomic E-state index is 10.8. The van der Waals surface area contributed by atoms with E-state index in [0.29, 0.717) is 24.5 Å². The number of aromatic nitrogens is 1. The fourth-order valence-corrected chi connectivity index (χ4v) is 2.12. The average Bonchev–Trinajstić information content (AvgIpc) is 2.52. The number of nitriles is 1. The number of benzene rings is 1. The van der Waals surface area contributed by atoms with Crippen LogP contribution in [-0.2, 0) is 4.79 Å². The summed E-state index contributed by atoms with van der Waals surface area (Å²) in [4.78, 5) is 14.0. The van der Waals surface area contributed by atoms with Crippen LogP contribution in [-0.4, -0.2) is 26.1 Å². The first-order valence-corrected chi connectivity index (χ1v) is 7.06. The number of rotatable bonds is 6. The van der Waals surface area contributed by atoms with Crippen LogP contribution in [0.15, 0.2) is 24.3 Å². The van der Waals surface area contributed by atoms with Gasteiger partial charge in [-0.2, -0.15) is 5.26 Å². The molecule has 2 rings (SSSR count). The Morgan fingerprint density at radius 2 is 2.18 bits per heavy atom. The highest BCUT2D eigenvalue weighted by Gasteiger charge is 2.12. The molecule has 0 fully saturated rings. The first kappa shape index (κ1) is 15.6. The summed E-state index contributed by atoms with van der Waals surface area (Å²) in [6.45, 7) is 2.76. The Kier molecular flexibility index (Phi) is 5.15. The average molecular weight is 299 g/mol. The van der Waals surface area contributed by atoms with E-state index in [2.05, 4.69) is 21.7 Å². The Morgan fingerprint density at radius 3 is 2.86 bits per heavy atom. The first-order valence-electron chi connectivity index (χ1n) is 7.06. The Hall–Kier alpha value is -2.81. The van der Waals surface area contributed by atoms with E-state index in [-0.39, 0.29) is 5.91 Å². The molecule has 0 spiro atoms. The molecule has 0 aliphatic carbocycles. The number of anilines is 1. The second-order valence-electron chi connectivity index (χ2n) is 4.89. The Morgan fingerprint density at radius 1 is 1.36 bits per heavy atom. The van der Waals surface area contributed by atoms with Crippen molar-refractivity contribution < 1.29 is 14.5 Å². The Balaban J connectivity index is 2.12. The second-order valence-corrected chi connectivity index (χ2v) is 4.89. The van der Waals surface area contributed by atoms with E-state index in [4.69, 9.17) is 4.74 Å². The number of amides is 1. The molecule has 0 saturated heterocycles. The van der Waals surface area contributed by atoms with Gasteiger partial charge in [-0.1, -0.05) is 0 Å². The topological polar surface area (TPSA) is 88.3 Å². The summed E-state index contributed by atoms with van der Waals surface area (Å²) in [7, 11) is 1.61. The molecule has 0 bridgehead atoms. The second kappa shape index (κ2) is 7.27. The van der Waals surface area contributed by atoms with Gasteiger partial charge in [0.2, 0.25) is 5.91 Å². The SMILES string of the molecule is COc1ccc2[nH+]c(NCCCNC(C)=O)c(C#N)cc2c1. The van der Waals surface area contributed by atoms with Crippen molar-refractivity contribution in [1.29, 1.82) is 5.26 Å². The monoisotopic (exact) mass is 299 g/mol. The number of ether oxygens (including phenoxy) is 1. The molecule has 0 unspecified atom stereocenters. The fraction of sp³-hybridized carbons (Fsp3) is 0.312. The quantitative estimate of drug-likeness (QED) is 0.791. The van der Waals surface area contributed by atoms with Crippen molar-refractivity contribution in [2.24, 2.45) is 0 Å². The van der Waals surface area contributed by atoms with Gasteiger partial charge in [-0.3, -0.25) is 10.1 Å². The van der Waals surface area contributed by atoms with E-state index in [9.17, 15) is 10.1 Å². The normalized spacial score (nSPS) is 10.0. The summed E-state index contributed by atoms with van der Waals surface area (Å²) in [5.74, 6) is 1.40. The lowest BCUT2D eigenvalue weighted by atomic mass is 10.1. The summed E-state index contributed by atoms with van der Waals surface area (Å²) in [5.41, 5.74) is 1.46. The maximum atomic E-state index is 10.8. The molecular weight excluding hydrogens is 280 g/mol. The van der Waals surface area contributed by atoms with Crippen LogP contribution in [0.4, 0.5) is 5.82 Å². The number of pyridine rings is 1. The zero-order chi connectivity index (χ0) is 15.9. The van der Waals surface area contributed by atoms with Crippen molar-refractivity contribution in [2.75, 3.05) is 25.5 Å². The van der Waals surface area contributed by atoms with Gasteiger partial charge in [0.1, 0.15) is 22.9 Å². The lowest BCUT2D eigenvalue weighted by Gasteiger charge is -2.05. The molecule has 1 amide bonds. The molecule has 6 heteroatoms. The number of hydrogen-bond donors (Lipinski definition) is 2. The van der Waals surface area contributed by atoms with Crippen molar-refractivity contribution in [2.45, 2.75) is 13.3 Å². The van der Waals surface area contributed by atoms with E-state index in [1.165, 1.54) is 6.92 Å². The van der Waals surface area contributed by atoms with Crippen molar-refractivity contribution in [3.8, 4) is 11.8 Å². The molecule has 0 saturated carbocycles. The Labute approximate surface area is 129 Å². The van der Waals surface area contributed by atoms with Gasteiger partial charge in [0.25, 0.3) is 5.82 Å². The molecule has 1 aromatic heterocycles. The maximum Gasteiger partial charge on any atom is 0.290 e. The third-order valence-electron chi connectivity index (χ3n) is 3.24. The minimum absolute atomic E-state index is 0.0380. The van der Waals surface area contributed by atoms with Gasteiger partial charge >= 0.3 is 0 Å². The van der Waals surface area contributed by atoms with E-state index in [1.54, 1.807) is 7.11 Å². The van der Waals surface area contributed by atoms with E-state index < -0.39 is 0 Å². The van der Waals surface area contributed by atoms with Crippen molar-refractivity contribution >= 4 is 22.6 Å². The van der Waals surface area contributed by atoms with Gasteiger partial charge < -0.3 is 10.1 Å². The number of fused-ring (bicyclic) bond motifs is 1. The van der Waals surface area contributed by atoms with Crippen molar-refractivity contribution in [3.63, 3.8) is 0 Å². The number of H-pyrrole nitrogens is 1. The molecule has 0 atom stereocenters. The number of carbonyl (C=O) groups excluding carboxylic acids is 1. The number of nitrogens with one attached hydrogen (secondary N) is 3. The molecule has 3 N–H and O–H groups in total. The van der Waals surface area contributed by atoms with Gasteiger partial charge in [-0.15, -0.1) is 0 Å². The number of carbonyl (C=O) groups is 1. The predicted octanol–water partition coefficient (Wildman–Crippen LogP) is 1.47. The van der Waals surface area contributed by atoms with Crippen LogP contribution in [0.2, 0.25) is 0 Å². The lowest BCUT2D eigenvalue weighted by Crippen LogP contribution is -2.24. The van der Waals surface area contributed by atoms with Gasteiger partial charge in [-0.05, 0) is 24.3 Å². The molecule has 0 radical (unpaired) electrons. The number of aromatic amines is 1. The minimum atomic E-state index is -0.0380. The standard InChI is InChI=1S/C16H18N4O2/c1-11(21)18-6-3-7-19-16-13(10-17)8-12-9-14(22-2)4-5-15(12)20-16/h4-5,8-9H,3,6-7H2,1-2H3,(H,18,21)(H,19,20)/p+1. The predicted molar refractivity (Wildman–Crippen MR) is 83.6 cm³/mol. The van der Waals surface area contributed by atoms with Crippen LogP contribution in [0, 0.1) is 11.3 Å². The zero-order valence-electron chi connectivity index (χ0n) is 12.7. The highest BCUT2D eigenvalue weighted by Crippen LogP contribution is 2.21. The Bertz CT molecular complexity index is 722. The van der Waals surface area contributed by atoms with Gasteiger partial charge in [0.05, 0.1) is 13.7 Å². The molecule has 114 valence electrons. The van der Waals surface area contributed by atoms with E-state index in [0.717, 1.165) is 23.1 Å². The van der Waals surface area contributed by atoms with Crippen LogP contribution in [0.5, 0.6) is 5.75 Å². The summed E-state index contributed by atoms with van der Waals surface area (Å²) in [6.07, 6.45) is 0.777. The summed E-state index contributed by atoms with van der Waals surface area (Å²) >= 11 is 0. The van der Waals surface area contributed by atoms with Crippen LogP contribution < -0.4 is 20.4 Å². The molecule has 0 aliphatic rings. The highest BCUT2D eigenvalue weighted by atomic mass is 16.5. The molecule has 1 heterocycles. The highest BCUT2D eigenvalue weighted by molar-refractivity contribution is 5.80. The fourth-order valence-electron chi connectivity index (χ4n) is 2.12. The molecule has 2 aromatic rings. The number of methoxy groups -OCH3 is 1. The third-order valence-corrected chi connectivity index (χ3v) is 3.24. The molecule has 0 aliphatic heterocycles. The van der Waals surface area contributed by atoms with E-state index >= 15 is 0 Å². The summed E-state index contributed by atoms with van der Waals surface area (Å²) in [6, 6.07) is 9.67. The third kappa shape index (κ3) is 3.85. The molecular formula is C16H19N4O2+. The molecule has 22 heavy (non-hydrogen) atoms. The van der Waals surface area contributed by atoms with Gasteiger partial charge in [0, 0.05) is 25.3 Å².